The van der Waals surface area contributed by atoms with E-state index in [0.29, 0.717) is 30.1 Å². The summed E-state index contributed by atoms with van der Waals surface area (Å²) in [6.07, 6.45) is 0.553. The lowest BCUT2D eigenvalue weighted by Crippen LogP contribution is -2.32. The van der Waals surface area contributed by atoms with Gasteiger partial charge in [0, 0.05) is 36.6 Å². The summed E-state index contributed by atoms with van der Waals surface area (Å²) in [6.45, 7) is 3.45. The number of carboxylic acids is 1. The van der Waals surface area contributed by atoms with Gasteiger partial charge in [0.15, 0.2) is 0 Å². The van der Waals surface area contributed by atoms with E-state index < -0.39 is 5.97 Å². The number of benzene rings is 3. The first-order valence-electron chi connectivity index (χ1n) is 11.1. The lowest BCUT2D eigenvalue weighted by Gasteiger charge is -2.28. The average Bonchev–Trinajstić information content (AvgIpc) is 2.81. The highest BCUT2D eigenvalue weighted by molar-refractivity contribution is 6.30. The predicted octanol–water partition coefficient (Wildman–Crippen LogP) is 5.66. The number of carbonyl (C=O) groups is 2. The Morgan fingerprint density at radius 1 is 0.882 bits per heavy atom. The minimum absolute atomic E-state index is 0.0961. The Balaban J connectivity index is 1.70. The smallest absolute Gasteiger partial charge is 0.305 e. The Morgan fingerprint density at radius 3 is 1.97 bits per heavy atom. The van der Waals surface area contributed by atoms with Gasteiger partial charge in [0.05, 0.1) is 11.9 Å². The van der Waals surface area contributed by atoms with Gasteiger partial charge in [-0.3, -0.25) is 14.5 Å². The van der Waals surface area contributed by atoms with Crippen molar-refractivity contribution < 1.29 is 14.7 Å². The number of hydrogen-bond acceptors (Lipinski definition) is 3. The minimum Gasteiger partial charge on any atom is -0.481 e. The van der Waals surface area contributed by atoms with Gasteiger partial charge in [-0.1, -0.05) is 65.7 Å². The van der Waals surface area contributed by atoms with Gasteiger partial charge in [-0.15, -0.1) is 11.6 Å². The van der Waals surface area contributed by atoms with Crippen LogP contribution >= 0.6 is 23.2 Å². The van der Waals surface area contributed by atoms with Crippen LogP contribution in [0.5, 0.6) is 0 Å². The molecule has 0 aliphatic heterocycles. The van der Waals surface area contributed by atoms with Crippen LogP contribution < -0.4 is 5.32 Å². The van der Waals surface area contributed by atoms with Gasteiger partial charge in [-0.2, -0.15) is 0 Å². The molecule has 0 saturated carbocycles. The standard InChI is InChI=1S/C27H28Cl2N2O3/c1-19-2-4-21(5-3-19)17-31(25(29)16-20-8-12-24(28)13-9-20)18-22-6-10-23(11-7-22)27(34)30-15-14-26(32)33/h2-13,25H,14-18H2,1H3,(H,30,34)(H,32,33). The highest BCUT2D eigenvalue weighted by atomic mass is 35.5. The van der Waals surface area contributed by atoms with Crippen molar-refractivity contribution in [3.8, 4) is 0 Å². The van der Waals surface area contributed by atoms with Crippen molar-refractivity contribution in [2.45, 2.75) is 38.4 Å². The number of amides is 1. The first kappa shape index (κ1) is 25.8. The maximum atomic E-state index is 12.2. The van der Waals surface area contributed by atoms with E-state index in [9.17, 15) is 9.59 Å². The lowest BCUT2D eigenvalue weighted by molar-refractivity contribution is -0.136. The van der Waals surface area contributed by atoms with Gasteiger partial charge >= 0.3 is 5.97 Å². The zero-order valence-corrected chi connectivity index (χ0v) is 20.5. The van der Waals surface area contributed by atoms with E-state index in [1.165, 1.54) is 11.1 Å². The molecule has 7 heteroatoms. The summed E-state index contributed by atoms with van der Waals surface area (Å²) in [7, 11) is 0. The van der Waals surface area contributed by atoms with E-state index in [-0.39, 0.29) is 24.4 Å². The minimum atomic E-state index is -0.946. The largest absolute Gasteiger partial charge is 0.481 e. The van der Waals surface area contributed by atoms with Crippen LogP contribution in [0.3, 0.4) is 0 Å². The molecule has 0 aromatic heterocycles. The van der Waals surface area contributed by atoms with Gasteiger partial charge in [-0.25, -0.2) is 0 Å². The number of nitrogens with zero attached hydrogens (tertiary/aromatic N) is 1. The van der Waals surface area contributed by atoms with Crippen LogP contribution in [0.2, 0.25) is 5.02 Å². The molecule has 0 radical (unpaired) electrons. The topological polar surface area (TPSA) is 69.6 Å². The molecule has 0 fully saturated rings. The van der Waals surface area contributed by atoms with Crippen molar-refractivity contribution in [2.75, 3.05) is 6.54 Å². The number of rotatable bonds is 11. The molecule has 5 nitrogen and oxygen atoms in total. The quantitative estimate of drug-likeness (QED) is 0.264. The van der Waals surface area contributed by atoms with Crippen LogP contribution in [0.25, 0.3) is 0 Å². The van der Waals surface area contributed by atoms with Crippen molar-refractivity contribution >= 4 is 35.1 Å². The van der Waals surface area contributed by atoms with E-state index in [0.717, 1.165) is 11.1 Å². The van der Waals surface area contributed by atoms with Crippen molar-refractivity contribution in [1.29, 1.82) is 0 Å². The van der Waals surface area contributed by atoms with Crippen LogP contribution in [-0.2, 0) is 24.3 Å². The van der Waals surface area contributed by atoms with Crippen molar-refractivity contribution in [2.24, 2.45) is 0 Å². The molecule has 34 heavy (non-hydrogen) atoms. The lowest BCUT2D eigenvalue weighted by atomic mass is 10.1. The van der Waals surface area contributed by atoms with Gasteiger partial charge in [-0.05, 0) is 47.9 Å². The number of halogens is 2. The van der Waals surface area contributed by atoms with E-state index in [2.05, 4.69) is 41.4 Å². The van der Waals surface area contributed by atoms with Crippen LogP contribution in [0, 0.1) is 6.92 Å². The normalized spacial score (nSPS) is 11.9. The molecule has 1 unspecified atom stereocenters. The van der Waals surface area contributed by atoms with Crippen molar-refractivity contribution in [3.63, 3.8) is 0 Å². The Bertz CT molecular complexity index is 1080. The van der Waals surface area contributed by atoms with Gasteiger partial charge in [0.25, 0.3) is 5.91 Å². The first-order chi connectivity index (χ1) is 16.3. The second kappa shape index (κ2) is 12.6. The molecule has 178 valence electrons. The van der Waals surface area contributed by atoms with E-state index in [1.54, 1.807) is 12.1 Å². The zero-order valence-electron chi connectivity index (χ0n) is 19.0. The highest BCUT2D eigenvalue weighted by Gasteiger charge is 2.18. The van der Waals surface area contributed by atoms with E-state index in [4.69, 9.17) is 28.3 Å². The SMILES string of the molecule is Cc1ccc(CN(Cc2ccc(C(=O)NCCC(=O)O)cc2)C(Cl)Cc2ccc(Cl)cc2)cc1. The number of hydrogen-bond donors (Lipinski definition) is 2. The summed E-state index contributed by atoms with van der Waals surface area (Å²) in [5.74, 6) is -1.24. The van der Waals surface area contributed by atoms with Gasteiger partial charge < -0.3 is 10.4 Å². The number of nitrogens with one attached hydrogen (secondary N) is 1. The summed E-state index contributed by atoms with van der Waals surface area (Å²) in [4.78, 5) is 25.0. The maximum Gasteiger partial charge on any atom is 0.305 e. The fourth-order valence-electron chi connectivity index (χ4n) is 3.51. The van der Waals surface area contributed by atoms with Crippen LogP contribution in [-0.4, -0.2) is 33.9 Å². The van der Waals surface area contributed by atoms with E-state index >= 15 is 0 Å². The third-order valence-electron chi connectivity index (χ3n) is 5.45. The molecule has 3 aromatic rings. The number of aryl methyl sites for hydroxylation is 1. The fourth-order valence-corrected chi connectivity index (χ4v) is 3.95. The maximum absolute atomic E-state index is 12.2. The number of carbonyl (C=O) groups excluding carboxylic acids is 1. The molecule has 3 rings (SSSR count). The predicted molar refractivity (Wildman–Crippen MR) is 136 cm³/mol. The third kappa shape index (κ3) is 8.17. The van der Waals surface area contributed by atoms with Gasteiger partial charge in [0.1, 0.15) is 0 Å². The molecule has 2 N–H and O–H groups in total. The molecule has 0 bridgehead atoms. The fraction of sp³-hybridized carbons (Fsp3) is 0.259. The number of carboxylic acid groups (broad SMARTS) is 1. The Labute approximate surface area is 210 Å². The summed E-state index contributed by atoms with van der Waals surface area (Å²) >= 11 is 12.9. The Kier molecular flexibility index (Phi) is 9.52. The van der Waals surface area contributed by atoms with Crippen molar-refractivity contribution in [1.82, 2.24) is 10.2 Å². The summed E-state index contributed by atoms with van der Waals surface area (Å²) in [5, 5.41) is 12.0. The second-order valence-electron chi connectivity index (χ2n) is 8.25. The number of alkyl halides is 1. The molecule has 0 heterocycles. The molecular formula is C27H28Cl2N2O3. The highest BCUT2D eigenvalue weighted by Crippen LogP contribution is 2.21. The second-order valence-corrected chi connectivity index (χ2v) is 9.19. The van der Waals surface area contributed by atoms with E-state index in [1.807, 2.05) is 36.4 Å². The summed E-state index contributed by atoms with van der Waals surface area (Å²) in [6, 6.07) is 23.4. The van der Waals surface area contributed by atoms with Crippen LogP contribution in [0.4, 0.5) is 0 Å². The molecule has 3 aromatic carbocycles. The first-order valence-corrected chi connectivity index (χ1v) is 11.9. The summed E-state index contributed by atoms with van der Waals surface area (Å²) < 4.78 is 0. The number of aliphatic carboxylic acids is 1. The van der Waals surface area contributed by atoms with Crippen molar-refractivity contribution in [3.05, 3.63) is 106 Å². The average molecular weight is 499 g/mol. The van der Waals surface area contributed by atoms with Crippen LogP contribution in [0.15, 0.2) is 72.8 Å². The zero-order chi connectivity index (χ0) is 24.5. The third-order valence-corrected chi connectivity index (χ3v) is 6.13. The summed E-state index contributed by atoms with van der Waals surface area (Å²) in [5.41, 5.74) is 4.74. The molecule has 0 aliphatic rings. The molecule has 0 aliphatic carbocycles. The Morgan fingerprint density at radius 2 is 1.41 bits per heavy atom. The molecule has 0 spiro atoms. The van der Waals surface area contributed by atoms with Gasteiger partial charge in [0.2, 0.25) is 0 Å². The monoisotopic (exact) mass is 498 g/mol. The van der Waals surface area contributed by atoms with Crippen LogP contribution in [0.1, 0.15) is 39.0 Å². The molecular weight excluding hydrogens is 471 g/mol. The molecule has 1 atom stereocenters. The Hall–Kier alpha value is -2.86. The molecule has 1 amide bonds. The molecule has 0 saturated heterocycles.